The van der Waals surface area contributed by atoms with E-state index in [-0.39, 0.29) is 30.1 Å². The molecule has 0 radical (unpaired) electrons. The van der Waals surface area contributed by atoms with Crippen LogP contribution in [0.2, 0.25) is 5.02 Å². The molecule has 6 heteroatoms. The third-order valence-electron chi connectivity index (χ3n) is 3.09. The van der Waals surface area contributed by atoms with E-state index in [0.29, 0.717) is 0 Å². The Morgan fingerprint density at radius 2 is 2.06 bits per heavy atom. The number of rotatable bonds is 3. The number of piperazine rings is 1. The molecule has 3 nitrogen and oxygen atoms in total. The lowest BCUT2D eigenvalue weighted by molar-refractivity contribution is 0.111. The molecule has 1 aromatic rings. The minimum absolute atomic E-state index is 0. The fourth-order valence-corrected chi connectivity index (χ4v) is 2.33. The molecule has 1 saturated heterocycles. The second-order valence-electron chi connectivity index (χ2n) is 4.16. The van der Waals surface area contributed by atoms with Gasteiger partial charge in [0.15, 0.2) is 0 Å². The van der Waals surface area contributed by atoms with Gasteiger partial charge in [0.2, 0.25) is 0 Å². The SMILES string of the molecule is Cl.OC[C@@H](c1ccc(F)c(Cl)c1)N1CCNCC1. The molecule has 2 N–H and O–H groups in total. The largest absolute Gasteiger partial charge is 0.394 e. The lowest BCUT2D eigenvalue weighted by Crippen LogP contribution is -2.46. The van der Waals surface area contributed by atoms with Crippen LogP contribution in [0.3, 0.4) is 0 Å². The fraction of sp³-hybridized carbons (Fsp3) is 0.500. The first kappa shape index (κ1) is 15.7. The van der Waals surface area contributed by atoms with Crippen LogP contribution >= 0.6 is 24.0 Å². The van der Waals surface area contributed by atoms with Crippen LogP contribution < -0.4 is 5.32 Å². The summed E-state index contributed by atoms with van der Waals surface area (Å²) in [5.41, 5.74) is 0.862. The van der Waals surface area contributed by atoms with E-state index in [2.05, 4.69) is 10.2 Å². The summed E-state index contributed by atoms with van der Waals surface area (Å²) in [7, 11) is 0. The summed E-state index contributed by atoms with van der Waals surface area (Å²) < 4.78 is 13.1. The first-order chi connectivity index (χ1) is 8.22. The average Bonchev–Trinajstić information content (AvgIpc) is 2.36. The molecule has 0 aromatic heterocycles. The van der Waals surface area contributed by atoms with Crippen molar-refractivity contribution < 1.29 is 9.50 Å². The van der Waals surface area contributed by atoms with Crippen LogP contribution in [0, 0.1) is 5.82 Å². The molecule has 0 aliphatic carbocycles. The molecule has 1 fully saturated rings. The van der Waals surface area contributed by atoms with E-state index < -0.39 is 5.82 Å². The van der Waals surface area contributed by atoms with Gasteiger partial charge in [0.05, 0.1) is 17.7 Å². The van der Waals surface area contributed by atoms with Gasteiger partial charge in [0.25, 0.3) is 0 Å². The number of aliphatic hydroxyl groups is 1. The zero-order valence-corrected chi connectivity index (χ0v) is 11.5. The van der Waals surface area contributed by atoms with Crippen molar-refractivity contribution in [3.05, 3.63) is 34.6 Å². The van der Waals surface area contributed by atoms with Crippen LogP contribution in [-0.4, -0.2) is 42.8 Å². The number of hydrogen-bond donors (Lipinski definition) is 2. The van der Waals surface area contributed by atoms with Gasteiger partial charge in [-0.2, -0.15) is 0 Å². The number of nitrogens with one attached hydrogen (secondary N) is 1. The van der Waals surface area contributed by atoms with Crippen molar-refractivity contribution in [2.45, 2.75) is 6.04 Å². The first-order valence-corrected chi connectivity index (χ1v) is 6.10. The summed E-state index contributed by atoms with van der Waals surface area (Å²) >= 11 is 5.77. The van der Waals surface area contributed by atoms with Crippen molar-refractivity contribution in [2.75, 3.05) is 32.8 Å². The van der Waals surface area contributed by atoms with E-state index >= 15 is 0 Å². The third kappa shape index (κ3) is 3.56. The predicted octanol–water partition coefficient (Wildman–Crippen LogP) is 1.84. The number of halogens is 3. The molecule has 102 valence electrons. The molecule has 2 rings (SSSR count). The van der Waals surface area contributed by atoms with Gasteiger partial charge in [-0.3, -0.25) is 4.90 Å². The summed E-state index contributed by atoms with van der Waals surface area (Å²) in [5, 5.41) is 12.9. The number of aliphatic hydroxyl groups excluding tert-OH is 1. The van der Waals surface area contributed by atoms with Gasteiger partial charge < -0.3 is 10.4 Å². The van der Waals surface area contributed by atoms with Crippen LogP contribution in [0.1, 0.15) is 11.6 Å². The highest BCUT2D eigenvalue weighted by atomic mass is 35.5. The molecule has 0 unspecified atom stereocenters. The van der Waals surface area contributed by atoms with Gasteiger partial charge in [0.1, 0.15) is 5.82 Å². The summed E-state index contributed by atoms with van der Waals surface area (Å²) in [6.07, 6.45) is 0. The summed E-state index contributed by atoms with van der Waals surface area (Å²) in [6.45, 7) is 3.58. The Morgan fingerprint density at radius 3 is 2.61 bits per heavy atom. The Balaban J connectivity index is 0.00000162. The first-order valence-electron chi connectivity index (χ1n) is 5.73. The Bertz CT molecular complexity index is 386. The lowest BCUT2D eigenvalue weighted by atomic mass is 10.1. The van der Waals surface area contributed by atoms with Gasteiger partial charge in [-0.05, 0) is 17.7 Å². The highest BCUT2D eigenvalue weighted by Gasteiger charge is 2.21. The summed E-state index contributed by atoms with van der Waals surface area (Å²) in [4.78, 5) is 2.18. The zero-order valence-electron chi connectivity index (χ0n) is 9.90. The second kappa shape index (κ2) is 7.26. The van der Waals surface area contributed by atoms with E-state index in [1.807, 2.05) is 0 Å². The minimum atomic E-state index is -0.424. The molecule has 1 aliphatic rings. The molecule has 0 amide bonds. The van der Waals surface area contributed by atoms with Crippen LogP contribution in [0.4, 0.5) is 4.39 Å². The minimum Gasteiger partial charge on any atom is -0.394 e. The van der Waals surface area contributed by atoms with E-state index in [4.69, 9.17) is 11.6 Å². The number of nitrogens with zero attached hydrogens (tertiary/aromatic N) is 1. The summed E-state index contributed by atoms with van der Waals surface area (Å²) in [5.74, 6) is -0.424. The van der Waals surface area contributed by atoms with Crippen LogP contribution in [0.15, 0.2) is 18.2 Å². The monoisotopic (exact) mass is 294 g/mol. The van der Waals surface area contributed by atoms with E-state index in [1.54, 1.807) is 12.1 Å². The van der Waals surface area contributed by atoms with Gasteiger partial charge in [-0.1, -0.05) is 17.7 Å². The van der Waals surface area contributed by atoms with E-state index in [0.717, 1.165) is 31.7 Å². The molecule has 1 aliphatic heterocycles. The zero-order chi connectivity index (χ0) is 12.3. The Morgan fingerprint density at radius 1 is 1.39 bits per heavy atom. The smallest absolute Gasteiger partial charge is 0.141 e. The standard InChI is InChI=1S/C12H16ClFN2O.ClH/c13-10-7-9(1-2-11(10)14)12(8-17)16-5-3-15-4-6-16;/h1-2,7,12,15,17H,3-6,8H2;1H/t12-;/m0./s1. The van der Waals surface area contributed by atoms with Crippen LogP contribution in [0.25, 0.3) is 0 Å². The predicted molar refractivity (Wildman–Crippen MR) is 72.9 cm³/mol. The number of hydrogen-bond acceptors (Lipinski definition) is 3. The normalized spacial score (nSPS) is 18.2. The molecule has 0 spiro atoms. The van der Waals surface area contributed by atoms with Gasteiger partial charge >= 0.3 is 0 Å². The topological polar surface area (TPSA) is 35.5 Å². The highest BCUT2D eigenvalue weighted by molar-refractivity contribution is 6.30. The van der Waals surface area contributed by atoms with Crippen LogP contribution in [0.5, 0.6) is 0 Å². The molecule has 1 heterocycles. The molecule has 0 saturated carbocycles. The van der Waals surface area contributed by atoms with Gasteiger partial charge in [-0.15, -0.1) is 12.4 Å². The Labute approximate surface area is 117 Å². The Kier molecular flexibility index (Phi) is 6.32. The van der Waals surface area contributed by atoms with Gasteiger partial charge in [0, 0.05) is 26.2 Å². The maximum absolute atomic E-state index is 13.1. The molecular formula is C12H17Cl2FN2O. The Hall–Kier alpha value is -0.390. The maximum atomic E-state index is 13.1. The fourth-order valence-electron chi connectivity index (χ4n) is 2.15. The number of benzene rings is 1. The van der Waals surface area contributed by atoms with Crippen molar-refractivity contribution in [1.82, 2.24) is 10.2 Å². The average molecular weight is 295 g/mol. The summed E-state index contributed by atoms with van der Waals surface area (Å²) in [6, 6.07) is 4.53. The quantitative estimate of drug-likeness (QED) is 0.893. The van der Waals surface area contributed by atoms with E-state index in [1.165, 1.54) is 6.07 Å². The molecule has 1 atom stereocenters. The lowest BCUT2D eigenvalue weighted by Gasteiger charge is -2.34. The van der Waals surface area contributed by atoms with Crippen molar-refractivity contribution in [3.8, 4) is 0 Å². The molecule has 1 aromatic carbocycles. The van der Waals surface area contributed by atoms with Crippen molar-refractivity contribution in [2.24, 2.45) is 0 Å². The molecular weight excluding hydrogens is 278 g/mol. The third-order valence-corrected chi connectivity index (χ3v) is 3.38. The van der Waals surface area contributed by atoms with Crippen LogP contribution in [-0.2, 0) is 0 Å². The highest BCUT2D eigenvalue weighted by Crippen LogP contribution is 2.25. The second-order valence-corrected chi connectivity index (χ2v) is 4.57. The van der Waals surface area contributed by atoms with Gasteiger partial charge in [-0.25, -0.2) is 4.39 Å². The van der Waals surface area contributed by atoms with Crippen molar-refractivity contribution in [3.63, 3.8) is 0 Å². The molecule has 0 bridgehead atoms. The maximum Gasteiger partial charge on any atom is 0.141 e. The van der Waals surface area contributed by atoms with Crippen molar-refractivity contribution >= 4 is 24.0 Å². The molecule has 18 heavy (non-hydrogen) atoms. The van der Waals surface area contributed by atoms with E-state index in [9.17, 15) is 9.50 Å². The van der Waals surface area contributed by atoms with Crippen molar-refractivity contribution in [1.29, 1.82) is 0 Å².